The highest BCUT2D eigenvalue weighted by Gasteiger charge is 3.01. The summed E-state index contributed by atoms with van der Waals surface area (Å²) in [6.07, 6.45) is 8.84. The standard InChI is InChI=1S/C18H24/c1-4-9-7-11-13-10(9)5-6-17(14(11)13)12-8-18(12)15(17)16(18,2)3/h7,10-15H,4-6,8H2,1-3H3/t10?,11-,12?,13-,14-,15+,17?,18-/m0/s1. The van der Waals surface area contributed by atoms with Crippen LogP contribution in [0.2, 0.25) is 0 Å². The third-order valence-corrected chi connectivity index (χ3v) is 8.94. The van der Waals surface area contributed by atoms with E-state index < -0.39 is 0 Å². The van der Waals surface area contributed by atoms with Crippen molar-refractivity contribution in [3.63, 3.8) is 0 Å². The Kier molecular flexibility index (Phi) is 1.16. The van der Waals surface area contributed by atoms with Gasteiger partial charge in [0.2, 0.25) is 0 Å². The molecule has 0 bridgehead atoms. The van der Waals surface area contributed by atoms with E-state index in [1.807, 2.05) is 5.57 Å². The first-order valence-corrected chi connectivity index (χ1v) is 8.31. The van der Waals surface area contributed by atoms with Gasteiger partial charge in [0.1, 0.15) is 0 Å². The lowest BCUT2D eigenvalue weighted by molar-refractivity contribution is 0.0117. The van der Waals surface area contributed by atoms with Gasteiger partial charge in [0, 0.05) is 0 Å². The van der Waals surface area contributed by atoms with Crippen molar-refractivity contribution in [2.45, 2.75) is 46.5 Å². The van der Waals surface area contributed by atoms with Gasteiger partial charge in [-0.2, -0.15) is 0 Å². The zero-order valence-corrected chi connectivity index (χ0v) is 11.9. The Morgan fingerprint density at radius 1 is 1.33 bits per heavy atom. The molecule has 0 aromatic heterocycles. The molecule has 5 saturated carbocycles. The molecule has 0 aliphatic heterocycles. The van der Waals surface area contributed by atoms with Crippen molar-refractivity contribution in [2.75, 3.05) is 0 Å². The Morgan fingerprint density at radius 3 is 2.78 bits per heavy atom. The Labute approximate surface area is 110 Å². The monoisotopic (exact) mass is 240 g/mol. The van der Waals surface area contributed by atoms with Crippen LogP contribution in [-0.4, -0.2) is 0 Å². The summed E-state index contributed by atoms with van der Waals surface area (Å²) in [5, 5.41) is 0. The van der Waals surface area contributed by atoms with E-state index >= 15 is 0 Å². The van der Waals surface area contributed by atoms with Gasteiger partial charge in [-0.3, -0.25) is 0 Å². The van der Waals surface area contributed by atoms with E-state index in [1.54, 1.807) is 19.3 Å². The molecule has 0 radical (unpaired) electrons. The van der Waals surface area contributed by atoms with Crippen molar-refractivity contribution in [3.8, 4) is 0 Å². The minimum Gasteiger partial charge on any atom is -0.0813 e. The van der Waals surface area contributed by atoms with Crippen molar-refractivity contribution in [1.82, 2.24) is 0 Å². The van der Waals surface area contributed by atoms with E-state index in [9.17, 15) is 0 Å². The predicted octanol–water partition coefficient (Wildman–Crippen LogP) is 4.27. The first-order valence-electron chi connectivity index (χ1n) is 8.31. The summed E-state index contributed by atoms with van der Waals surface area (Å²) in [4.78, 5) is 0. The fourth-order valence-electron chi connectivity index (χ4n) is 8.62. The molecule has 18 heavy (non-hydrogen) atoms. The normalized spacial score (nSPS) is 70.7. The molecule has 0 saturated heterocycles. The highest BCUT2D eigenvalue weighted by molar-refractivity contribution is 5.50. The van der Waals surface area contributed by atoms with Crippen molar-refractivity contribution >= 4 is 0 Å². The summed E-state index contributed by atoms with van der Waals surface area (Å²) in [7, 11) is 0. The van der Waals surface area contributed by atoms with Crippen LogP contribution in [0.15, 0.2) is 11.6 Å². The third-order valence-electron chi connectivity index (χ3n) is 8.94. The summed E-state index contributed by atoms with van der Waals surface area (Å²) < 4.78 is 0. The molecule has 6 rings (SSSR count). The van der Waals surface area contributed by atoms with Crippen LogP contribution in [0.5, 0.6) is 0 Å². The minimum atomic E-state index is 0.735. The van der Waals surface area contributed by atoms with Gasteiger partial charge in [-0.05, 0) is 77.4 Å². The van der Waals surface area contributed by atoms with Crippen LogP contribution < -0.4 is 0 Å². The van der Waals surface area contributed by atoms with Crippen molar-refractivity contribution in [1.29, 1.82) is 0 Å². The number of fused-ring (bicyclic) bond motifs is 4. The lowest BCUT2D eigenvalue weighted by Crippen LogP contribution is -2.42. The molecule has 0 aromatic carbocycles. The number of rotatable bonds is 1. The molecule has 6 aliphatic carbocycles. The average molecular weight is 240 g/mol. The first-order chi connectivity index (χ1) is 8.60. The van der Waals surface area contributed by atoms with Gasteiger partial charge in [0.25, 0.3) is 0 Å². The van der Waals surface area contributed by atoms with Gasteiger partial charge >= 0.3 is 0 Å². The molecule has 0 amide bonds. The number of hydrogen-bond acceptors (Lipinski definition) is 0. The molecule has 5 fully saturated rings. The number of hydrogen-bond donors (Lipinski definition) is 0. The van der Waals surface area contributed by atoms with Gasteiger partial charge < -0.3 is 0 Å². The highest BCUT2D eigenvalue weighted by Crippen LogP contribution is 3.06. The Balaban J connectivity index is 1.43. The van der Waals surface area contributed by atoms with E-state index in [0.717, 1.165) is 45.8 Å². The Hall–Kier alpha value is -0.260. The molecule has 3 unspecified atom stereocenters. The quantitative estimate of drug-likeness (QED) is 0.600. The van der Waals surface area contributed by atoms with Gasteiger partial charge in [0.15, 0.2) is 0 Å². The van der Waals surface area contributed by atoms with E-state index in [2.05, 4.69) is 26.8 Å². The fraction of sp³-hybridized carbons (Fsp3) is 0.889. The van der Waals surface area contributed by atoms with Crippen LogP contribution in [0.25, 0.3) is 0 Å². The second kappa shape index (κ2) is 2.17. The summed E-state index contributed by atoms with van der Waals surface area (Å²) in [6.45, 7) is 7.54. The van der Waals surface area contributed by atoms with Gasteiger partial charge in [-0.1, -0.05) is 32.4 Å². The predicted molar refractivity (Wildman–Crippen MR) is 71.8 cm³/mol. The second-order valence-electron chi connectivity index (χ2n) is 8.98. The fourth-order valence-corrected chi connectivity index (χ4v) is 8.62. The molecule has 0 N–H and O–H groups in total. The molecular formula is C18H24. The minimum absolute atomic E-state index is 0.735. The molecule has 2 spiro atoms. The molecule has 8 atom stereocenters. The van der Waals surface area contributed by atoms with Crippen molar-refractivity contribution in [3.05, 3.63) is 11.6 Å². The zero-order valence-electron chi connectivity index (χ0n) is 11.9. The Bertz CT molecular complexity index is 522. The topological polar surface area (TPSA) is 0 Å². The van der Waals surface area contributed by atoms with Crippen LogP contribution in [0, 0.1) is 51.8 Å². The molecule has 0 heterocycles. The summed E-state index contributed by atoms with van der Waals surface area (Å²) >= 11 is 0. The molecular weight excluding hydrogens is 216 g/mol. The van der Waals surface area contributed by atoms with Crippen LogP contribution in [0.4, 0.5) is 0 Å². The molecule has 0 nitrogen and oxygen atoms in total. The third kappa shape index (κ3) is 0.596. The largest absolute Gasteiger partial charge is 0.0813 e. The second-order valence-corrected chi connectivity index (χ2v) is 8.98. The summed E-state index contributed by atoms with van der Waals surface area (Å²) in [5.74, 6) is 6.69. The zero-order chi connectivity index (χ0) is 12.1. The van der Waals surface area contributed by atoms with Crippen LogP contribution in [-0.2, 0) is 0 Å². The van der Waals surface area contributed by atoms with Gasteiger partial charge in [-0.25, -0.2) is 0 Å². The van der Waals surface area contributed by atoms with Gasteiger partial charge in [-0.15, -0.1) is 0 Å². The maximum atomic E-state index is 2.73. The molecule has 0 heteroatoms. The van der Waals surface area contributed by atoms with E-state index in [1.165, 1.54) is 12.3 Å². The SMILES string of the molecule is CCC1=C[C@H]2[C@@H]3C1CCC1(C4C[C@@]45[C@@H]1C5(C)C)[C@@H]23. The maximum absolute atomic E-state index is 2.73. The van der Waals surface area contributed by atoms with Gasteiger partial charge in [0.05, 0.1) is 0 Å². The molecule has 6 aliphatic rings. The van der Waals surface area contributed by atoms with Crippen LogP contribution in [0.1, 0.15) is 46.5 Å². The van der Waals surface area contributed by atoms with Crippen LogP contribution in [0.3, 0.4) is 0 Å². The average Bonchev–Trinajstić information content (AvgIpc) is 3.21. The Morgan fingerprint density at radius 2 is 2.17 bits per heavy atom. The lowest BCUT2D eigenvalue weighted by Gasteiger charge is -2.47. The smallest absolute Gasteiger partial charge is 0.0157 e. The number of allylic oxidation sites excluding steroid dienone is 2. The van der Waals surface area contributed by atoms with Crippen molar-refractivity contribution < 1.29 is 0 Å². The molecule has 0 aromatic rings. The van der Waals surface area contributed by atoms with E-state index in [-0.39, 0.29) is 0 Å². The lowest BCUT2D eigenvalue weighted by atomic mass is 9.56. The summed E-state index contributed by atoms with van der Waals surface area (Å²) in [6, 6.07) is 0. The molecule has 96 valence electrons. The van der Waals surface area contributed by atoms with Crippen molar-refractivity contribution in [2.24, 2.45) is 51.8 Å². The van der Waals surface area contributed by atoms with E-state index in [4.69, 9.17) is 0 Å². The first kappa shape index (κ1) is 9.61. The highest BCUT2D eigenvalue weighted by atomic mass is 15.0. The van der Waals surface area contributed by atoms with Crippen LogP contribution >= 0.6 is 0 Å². The van der Waals surface area contributed by atoms with E-state index in [0.29, 0.717) is 0 Å². The summed E-state index contributed by atoms with van der Waals surface area (Å²) in [5.41, 5.74) is 4.34. The maximum Gasteiger partial charge on any atom is -0.0157 e.